The predicted octanol–water partition coefficient (Wildman–Crippen LogP) is 6.35. The Morgan fingerprint density at radius 3 is 2.44 bits per heavy atom. The van der Waals surface area contributed by atoms with Crippen molar-refractivity contribution in [2.24, 2.45) is 5.92 Å². The normalized spacial score (nSPS) is 18.5. The molecule has 1 aromatic carbocycles. The van der Waals surface area contributed by atoms with Crippen molar-refractivity contribution in [3.63, 3.8) is 0 Å². The molecule has 4 rings (SSSR count). The van der Waals surface area contributed by atoms with Crippen LogP contribution in [0.5, 0.6) is 0 Å². The summed E-state index contributed by atoms with van der Waals surface area (Å²) in [5, 5.41) is 3.04. The Bertz CT molecular complexity index is 1100. The maximum Gasteiger partial charge on any atom is 0.258 e. The van der Waals surface area contributed by atoms with Gasteiger partial charge in [-0.3, -0.25) is 9.78 Å². The van der Waals surface area contributed by atoms with Gasteiger partial charge in [-0.05, 0) is 24.5 Å². The fourth-order valence-electron chi connectivity index (χ4n) is 4.46. The molecule has 0 aliphatic heterocycles. The summed E-state index contributed by atoms with van der Waals surface area (Å²) in [4.78, 5) is 26.5. The quantitative estimate of drug-likeness (QED) is 0.510. The second-order valence-corrected chi connectivity index (χ2v) is 8.91. The van der Waals surface area contributed by atoms with E-state index in [1.165, 1.54) is 12.5 Å². The van der Waals surface area contributed by atoms with Crippen LogP contribution in [0, 0.1) is 11.7 Å². The van der Waals surface area contributed by atoms with Crippen LogP contribution in [-0.4, -0.2) is 20.9 Å². The van der Waals surface area contributed by atoms with Crippen molar-refractivity contribution in [1.29, 1.82) is 0 Å². The highest BCUT2D eigenvalue weighted by Crippen LogP contribution is 2.43. The monoisotopic (exact) mass is 432 g/mol. The van der Waals surface area contributed by atoms with Gasteiger partial charge < -0.3 is 5.32 Å². The van der Waals surface area contributed by atoms with Gasteiger partial charge in [-0.2, -0.15) is 0 Å². The van der Waals surface area contributed by atoms with Crippen LogP contribution < -0.4 is 5.32 Å². The molecule has 1 aliphatic rings. The van der Waals surface area contributed by atoms with Crippen LogP contribution in [0.25, 0.3) is 11.1 Å². The minimum Gasteiger partial charge on any atom is -0.320 e. The zero-order valence-electron chi connectivity index (χ0n) is 18.8. The molecule has 1 fully saturated rings. The number of hydrogen-bond acceptors (Lipinski definition) is 4. The van der Waals surface area contributed by atoms with Crippen LogP contribution >= 0.6 is 0 Å². The first-order valence-electron chi connectivity index (χ1n) is 11.3. The van der Waals surface area contributed by atoms with Gasteiger partial charge >= 0.3 is 0 Å². The van der Waals surface area contributed by atoms with Crippen LogP contribution in [0.3, 0.4) is 0 Å². The van der Waals surface area contributed by atoms with Crippen molar-refractivity contribution in [3.05, 3.63) is 71.8 Å². The van der Waals surface area contributed by atoms with E-state index in [4.69, 9.17) is 0 Å². The number of carbonyl (C=O) groups is 1. The number of nitrogens with one attached hydrogen (secondary N) is 1. The number of benzene rings is 1. The van der Waals surface area contributed by atoms with E-state index >= 15 is 0 Å². The fourth-order valence-corrected chi connectivity index (χ4v) is 4.46. The van der Waals surface area contributed by atoms with E-state index in [1.807, 2.05) is 13.8 Å². The van der Waals surface area contributed by atoms with Crippen LogP contribution in [-0.2, 0) is 0 Å². The van der Waals surface area contributed by atoms with Crippen molar-refractivity contribution < 1.29 is 9.18 Å². The summed E-state index contributed by atoms with van der Waals surface area (Å²) in [5.41, 5.74) is 2.85. The maximum atomic E-state index is 14.7. The van der Waals surface area contributed by atoms with Gasteiger partial charge in [0.05, 0.1) is 16.9 Å². The largest absolute Gasteiger partial charge is 0.320 e. The number of rotatable bonds is 5. The summed E-state index contributed by atoms with van der Waals surface area (Å²) in [7, 11) is 0. The van der Waals surface area contributed by atoms with E-state index < -0.39 is 0 Å². The number of pyridine rings is 1. The summed E-state index contributed by atoms with van der Waals surface area (Å²) < 4.78 is 14.7. The Labute approximate surface area is 188 Å². The van der Waals surface area contributed by atoms with Crippen molar-refractivity contribution in [2.75, 3.05) is 5.32 Å². The number of hydrogen-bond donors (Lipinski definition) is 1. The van der Waals surface area contributed by atoms with Gasteiger partial charge in [0.1, 0.15) is 11.6 Å². The lowest BCUT2D eigenvalue weighted by molar-refractivity contribution is 0.102. The SMILES string of the molecule is CC(C)c1ncc(C(=O)Nc2c(-c3ccccc3F)ccnc2C2CCCCC2C)cn1. The zero-order valence-corrected chi connectivity index (χ0v) is 18.8. The van der Waals surface area contributed by atoms with Crippen molar-refractivity contribution in [1.82, 2.24) is 15.0 Å². The fraction of sp³-hybridized carbons (Fsp3) is 0.385. The van der Waals surface area contributed by atoms with Crippen molar-refractivity contribution >= 4 is 11.6 Å². The lowest BCUT2D eigenvalue weighted by Crippen LogP contribution is -2.21. The highest BCUT2D eigenvalue weighted by molar-refractivity contribution is 6.06. The Morgan fingerprint density at radius 2 is 1.75 bits per heavy atom. The van der Waals surface area contributed by atoms with E-state index in [1.54, 1.807) is 42.9 Å². The Kier molecular flexibility index (Phi) is 6.58. The summed E-state index contributed by atoms with van der Waals surface area (Å²) in [5.74, 6) is 0.864. The third kappa shape index (κ3) is 4.54. The third-order valence-corrected chi connectivity index (χ3v) is 6.30. The van der Waals surface area contributed by atoms with Crippen LogP contribution in [0.15, 0.2) is 48.9 Å². The predicted molar refractivity (Wildman–Crippen MR) is 124 cm³/mol. The number of carbonyl (C=O) groups excluding carboxylic acids is 1. The third-order valence-electron chi connectivity index (χ3n) is 6.30. The van der Waals surface area contributed by atoms with Crippen LogP contribution in [0.2, 0.25) is 0 Å². The minimum atomic E-state index is -0.332. The first-order valence-corrected chi connectivity index (χ1v) is 11.3. The molecular formula is C26H29FN4O. The van der Waals surface area contributed by atoms with Gasteiger partial charge in [0, 0.05) is 41.6 Å². The Morgan fingerprint density at radius 1 is 1.03 bits per heavy atom. The molecule has 1 aliphatic carbocycles. The molecular weight excluding hydrogens is 403 g/mol. The van der Waals surface area contributed by atoms with Crippen molar-refractivity contribution in [3.8, 4) is 11.1 Å². The standard InChI is InChI=1S/C26H29FN4O/c1-16(2)25-29-14-18(15-30-25)26(32)31-24-21(20-10-6-7-11-22(20)27)12-13-28-23(24)19-9-5-4-8-17(19)3/h6-7,10-17,19H,4-5,8-9H2,1-3H3,(H,31,32). The number of aromatic nitrogens is 3. The van der Waals surface area contributed by atoms with Crippen LogP contribution in [0.1, 0.15) is 80.2 Å². The molecule has 0 radical (unpaired) electrons. The minimum absolute atomic E-state index is 0.178. The molecule has 1 saturated carbocycles. The number of amides is 1. The molecule has 1 N–H and O–H groups in total. The zero-order chi connectivity index (χ0) is 22.7. The van der Waals surface area contributed by atoms with E-state index in [0.29, 0.717) is 34.1 Å². The molecule has 2 aromatic heterocycles. The molecule has 2 heterocycles. The number of halogens is 1. The second-order valence-electron chi connectivity index (χ2n) is 8.91. The summed E-state index contributed by atoms with van der Waals surface area (Å²) in [6, 6.07) is 8.39. The lowest BCUT2D eigenvalue weighted by atomic mass is 9.77. The Hall–Kier alpha value is -3.15. The second kappa shape index (κ2) is 9.55. The highest BCUT2D eigenvalue weighted by atomic mass is 19.1. The molecule has 3 aromatic rings. The van der Waals surface area contributed by atoms with Gasteiger partial charge in [-0.15, -0.1) is 0 Å². The average molecular weight is 433 g/mol. The number of anilines is 1. The summed E-state index contributed by atoms with van der Waals surface area (Å²) in [6.07, 6.45) is 9.25. The molecule has 0 spiro atoms. The van der Waals surface area contributed by atoms with Crippen molar-refractivity contribution in [2.45, 2.75) is 58.3 Å². The molecule has 5 nitrogen and oxygen atoms in total. The van der Waals surface area contributed by atoms with E-state index in [2.05, 4.69) is 27.2 Å². The summed E-state index contributed by atoms with van der Waals surface area (Å²) >= 11 is 0. The van der Waals surface area contributed by atoms with Gasteiger partial charge in [-0.1, -0.05) is 58.2 Å². The molecule has 6 heteroatoms. The van der Waals surface area contributed by atoms with Gasteiger partial charge in [0.15, 0.2) is 0 Å². The molecule has 166 valence electrons. The molecule has 32 heavy (non-hydrogen) atoms. The summed E-state index contributed by atoms with van der Waals surface area (Å²) in [6.45, 7) is 6.23. The van der Waals surface area contributed by atoms with Gasteiger partial charge in [-0.25, -0.2) is 14.4 Å². The smallest absolute Gasteiger partial charge is 0.258 e. The van der Waals surface area contributed by atoms with Gasteiger partial charge in [0.2, 0.25) is 0 Å². The first kappa shape index (κ1) is 22.1. The Balaban J connectivity index is 1.77. The molecule has 0 bridgehead atoms. The van der Waals surface area contributed by atoms with E-state index in [-0.39, 0.29) is 23.6 Å². The van der Waals surface area contributed by atoms with E-state index in [0.717, 1.165) is 25.0 Å². The molecule has 1 amide bonds. The molecule has 2 unspecified atom stereocenters. The van der Waals surface area contributed by atoms with Gasteiger partial charge in [0.25, 0.3) is 5.91 Å². The lowest BCUT2D eigenvalue weighted by Gasteiger charge is -2.30. The maximum absolute atomic E-state index is 14.7. The molecule has 0 saturated heterocycles. The topological polar surface area (TPSA) is 67.8 Å². The molecule has 2 atom stereocenters. The number of nitrogens with zero attached hydrogens (tertiary/aromatic N) is 3. The average Bonchev–Trinajstić information content (AvgIpc) is 2.80. The van der Waals surface area contributed by atoms with Crippen LogP contribution in [0.4, 0.5) is 10.1 Å². The van der Waals surface area contributed by atoms with E-state index in [9.17, 15) is 9.18 Å². The first-order chi connectivity index (χ1) is 15.5. The highest BCUT2D eigenvalue weighted by Gasteiger charge is 2.29.